The number of carbonyl (C=O) groups excluding carboxylic acids is 1. The topological polar surface area (TPSA) is 86.7 Å². The Morgan fingerprint density at radius 1 is 0.875 bits per heavy atom. The van der Waals surface area contributed by atoms with Gasteiger partial charge in [-0.2, -0.15) is 17.5 Å². The Bertz CT molecular complexity index is 1900. The number of halogens is 5. The standard InChI is InChI=1S/C34H32ClF4N5O3S/c35-26-6-1-4-10-32(26)48(46,47)44-17-5-9-30(44)31(45)16-15-25-22-28(23-11-13-24(14-12-23)34(37,38)39)41-33(40-25)43-20-18-42(19-21-43)29-8-3-2-7-27(29)36/h1-4,6-8,10-14,22,30H,5,9,15-21H2/t30-/m0/s1. The zero-order valence-corrected chi connectivity index (χ0v) is 27.3. The van der Waals surface area contributed by atoms with E-state index in [-0.39, 0.29) is 40.9 Å². The molecule has 4 aromatic rings. The molecule has 0 radical (unpaired) electrons. The second kappa shape index (κ2) is 13.8. The third kappa shape index (κ3) is 7.18. The summed E-state index contributed by atoms with van der Waals surface area (Å²) in [6, 6.07) is 18.1. The molecule has 2 aliphatic rings. The van der Waals surface area contributed by atoms with E-state index in [9.17, 15) is 30.8 Å². The summed E-state index contributed by atoms with van der Waals surface area (Å²) in [6.07, 6.45) is -3.45. The van der Waals surface area contributed by atoms with Crippen molar-refractivity contribution in [2.45, 2.75) is 42.8 Å². The number of nitrogens with zero attached hydrogens (tertiary/aromatic N) is 5. The maximum atomic E-state index is 14.4. The Hall–Kier alpha value is -4.07. The fourth-order valence-electron chi connectivity index (χ4n) is 6.13. The van der Waals surface area contributed by atoms with Crippen LogP contribution in [0.15, 0.2) is 83.8 Å². The minimum atomic E-state index is -4.49. The van der Waals surface area contributed by atoms with Crippen LogP contribution >= 0.6 is 11.6 Å². The van der Waals surface area contributed by atoms with E-state index >= 15 is 0 Å². The molecule has 2 saturated heterocycles. The number of aryl methyl sites for hydroxylation is 1. The number of hydrogen-bond acceptors (Lipinski definition) is 7. The van der Waals surface area contributed by atoms with Gasteiger partial charge in [0.25, 0.3) is 0 Å². The molecular formula is C34H32ClF4N5O3S. The first-order chi connectivity index (χ1) is 22.9. The molecule has 3 aromatic carbocycles. The van der Waals surface area contributed by atoms with E-state index in [0.29, 0.717) is 67.6 Å². The van der Waals surface area contributed by atoms with Gasteiger partial charge in [0.2, 0.25) is 16.0 Å². The Labute approximate surface area is 281 Å². The quantitative estimate of drug-likeness (QED) is 0.181. The summed E-state index contributed by atoms with van der Waals surface area (Å²) >= 11 is 6.19. The monoisotopic (exact) mass is 701 g/mol. The van der Waals surface area contributed by atoms with E-state index in [4.69, 9.17) is 16.6 Å². The molecule has 2 aliphatic heterocycles. The number of para-hydroxylation sites is 1. The molecular weight excluding hydrogens is 670 g/mol. The van der Waals surface area contributed by atoms with E-state index < -0.39 is 27.8 Å². The fourth-order valence-corrected chi connectivity index (χ4v) is 8.31. The molecule has 252 valence electrons. The number of sulfonamides is 1. The summed E-state index contributed by atoms with van der Waals surface area (Å²) in [5, 5.41) is 0.0784. The van der Waals surface area contributed by atoms with Crippen LogP contribution in [0.5, 0.6) is 0 Å². The van der Waals surface area contributed by atoms with Gasteiger partial charge in [-0.25, -0.2) is 22.8 Å². The zero-order valence-electron chi connectivity index (χ0n) is 25.7. The van der Waals surface area contributed by atoms with Gasteiger partial charge in [-0.05, 0) is 61.7 Å². The fraction of sp³-hybridized carbons (Fsp3) is 0.324. The Kier molecular flexibility index (Phi) is 9.73. The van der Waals surface area contributed by atoms with Gasteiger partial charge in [-0.1, -0.05) is 48.0 Å². The Morgan fingerprint density at radius 2 is 1.54 bits per heavy atom. The second-order valence-electron chi connectivity index (χ2n) is 11.7. The third-order valence-corrected chi connectivity index (χ3v) is 11.1. The molecule has 48 heavy (non-hydrogen) atoms. The molecule has 0 amide bonds. The lowest BCUT2D eigenvalue weighted by Gasteiger charge is -2.36. The van der Waals surface area contributed by atoms with E-state index in [0.717, 1.165) is 12.1 Å². The van der Waals surface area contributed by atoms with Crippen LogP contribution < -0.4 is 9.80 Å². The number of rotatable bonds is 9. The van der Waals surface area contributed by atoms with Crippen LogP contribution in [0.4, 0.5) is 29.2 Å². The van der Waals surface area contributed by atoms with E-state index in [1.54, 1.807) is 36.4 Å². The molecule has 0 saturated carbocycles. The number of alkyl halides is 3. The summed E-state index contributed by atoms with van der Waals surface area (Å²) in [5.41, 5.74) is 1.02. The average molecular weight is 702 g/mol. The molecule has 1 atom stereocenters. The van der Waals surface area contributed by atoms with Gasteiger partial charge in [0, 0.05) is 50.4 Å². The van der Waals surface area contributed by atoms with Gasteiger partial charge in [0.05, 0.1) is 28.0 Å². The maximum absolute atomic E-state index is 14.4. The summed E-state index contributed by atoms with van der Waals surface area (Å²) in [7, 11) is -4.01. The van der Waals surface area contributed by atoms with Crippen LogP contribution in [0.1, 0.15) is 30.5 Å². The van der Waals surface area contributed by atoms with Crippen molar-refractivity contribution in [3.05, 3.63) is 101 Å². The number of ketones is 1. The molecule has 8 nitrogen and oxygen atoms in total. The minimum absolute atomic E-state index is 0.0107. The zero-order chi connectivity index (χ0) is 34.1. The molecule has 2 fully saturated rings. The van der Waals surface area contributed by atoms with Crippen LogP contribution in [-0.2, 0) is 27.4 Å². The third-order valence-electron chi connectivity index (χ3n) is 8.66. The highest BCUT2D eigenvalue weighted by Crippen LogP contribution is 2.33. The second-order valence-corrected chi connectivity index (χ2v) is 14.0. The first kappa shape index (κ1) is 33.8. The molecule has 0 aliphatic carbocycles. The number of hydrogen-bond donors (Lipinski definition) is 0. The van der Waals surface area contributed by atoms with Crippen molar-refractivity contribution >= 4 is 39.0 Å². The van der Waals surface area contributed by atoms with Crippen LogP contribution in [0.25, 0.3) is 11.3 Å². The highest BCUT2D eigenvalue weighted by Gasteiger charge is 2.39. The largest absolute Gasteiger partial charge is 0.416 e. The lowest BCUT2D eigenvalue weighted by atomic mass is 10.0. The predicted octanol–water partition coefficient (Wildman–Crippen LogP) is 6.64. The first-order valence-corrected chi connectivity index (χ1v) is 17.3. The smallest absolute Gasteiger partial charge is 0.366 e. The lowest BCUT2D eigenvalue weighted by Crippen LogP contribution is -2.47. The van der Waals surface area contributed by atoms with Crippen molar-refractivity contribution in [2.75, 3.05) is 42.5 Å². The van der Waals surface area contributed by atoms with Crippen molar-refractivity contribution in [3.63, 3.8) is 0 Å². The van der Waals surface area contributed by atoms with Crippen molar-refractivity contribution in [1.82, 2.24) is 14.3 Å². The molecule has 14 heteroatoms. The van der Waals surface area contributed by atoms with Crippen LogP contribution in [-0.4, -0.2) is 67.2 Å². The summed E-state index contributed by atoms with van der Waals surface area (Å²) in [6.45, 7) is 2.08. The molecule has 0 N–H and O–H groups in total. The highest BCUT2D eigenvalue weighted by atomic mass is 35.5. The highest BCUT2D eigenvalue weighted by molar-refractivity contribution is 7.89. The molecule has 1 aromatic heterocycles. The number of Topliss-reactive ketones (excluding diaryl/α,β-unsaturated/α-hetero) is 1. The first-order valence-electron chi connectivity index (χ1n) is 15.5. The van der Waals surface area contributed by atoms with Gasteiger partial charge in [-0.3, -0.25) is 4.79 Å². The van der Waals surface area contributed by atoms with Crippen LogP contribution in [0, 0.1) is 5.82 Å². The van der Waals surface area contributed by atoms with Crippen molar-refractivity contribution < 1.29 is 30.8 Å². The molecule has 0 spiro atoms. The van der Waals surface area contributed by atoms with Crippen molar-refractivity contribution in [2.24, 2.45) is 0 Å². The Morgan fingerprint density at radius 3 is 2.23 bits per heavy atom. The maximum Gasteiger partial charge on any atom is 0.416 e. The minimum Gasteiger partial charge on any atom is -0.366 e. The normalized spacial score (nSPS) is 17.6. The van der Waals surface area contributed by atoms with Gasteiger partial charge < -0.3 is 9.80 Å². The van der Waals surface area contributed by atoms with Gasteiger partial charge in [-0.15, -0.1) is 0 Å². The van der Waals surface area contributed by atoms with E-state index in [2.05, 4.69) is 4.98 Å². The van der Waals surface area contributed by atoms with E-state index in [1.165, 1.54) is 34.6 Å². The SMILES string of the molecule is O=C(CCc1cc(-c2ccc(C(F)(F)F)cc2)nc(N2CCN(c3ccccc3F)CC2)n1)[C@@H]1CCCN1S(=O)(=O)c1ccccc1Cl. The van der Waals surface area contributed by atoms with Crippen molar-refractivity contribution in [3.8, 4) is 11.3 Å². The lowest BCUT2D eigenvalue weighted by molar-refractivity contribution is -0.137. The number of carbonyl (C=O) groups is 1. The van der Waals surface area contributed by atoms with Gasteiger partial charge in [0.1, 0.15) is 10.7 Å². The van der Waals surface area contributed by atoms with Gasteiger partial charge >= 0.3 is 6.18 Å². The number of benzene rings is 3. The van der Waals surface area contributed by atoms with Crippen LogP contribution in [0.2, 0.25) is 5.02 Å². The van der Waals surface area contributed by atoms with Crippen LogP contribution in [0.3, 0.4) is 0 Å². The van der Waals surface area contributed by atoms with Gasteiger partial charge in [0.15, 0.2) is 5.78 Å². The molecule has 6 rings (SSSR count). The van der Waals surface area contributed by atoms with E-state index in [1.807, 2.05) is 9.80 Å². The molecule has 0 bridgehead atoms. The summed E-state index contributed by atoms with van der Waals surface area (Å²) in [5.74, 6) is -0.247. The number of aromatic nitrogens is 2. The number of piperazine rings is 1. The number of anilines is 2. The van der Waals surface area contributed by atoms with Crippen molar-refractivity contribution in [1.29, 1.82) is 0 Å². The summed E-state index contributed by atoms with van der Waals surface area (Å²) < 4.78 is 82.3. The predicted molar refractivity (Wildman–Crippen MR) is 175 cm³/mol. The molecule has 3 heterocycles. The Balaban J connectivity index is 1.23. The average Bonchev–Trinajstić information content (AvgIpc) is 3.59. The molecule has 0 unspecified atom stereocenters. The summed E-state index contributed by atoms with van der Waals surface area (Å²) in [4.78, 5) is 26.7.